The molecule has 80 valence electrons. The van der Waals surface area contributed by atoms with Crippen LogP contribution in [0.2, 0.25) is 0 Å². The summed E-state index contributed by atoms with van der Waals surface area (Å²) in [5, 5.41) is 5.40. The van der Waals surface area contributed by atoms with E-state index in [4.69, 9.17) is 0 Å². The number of nitrogens with one attached hydrogen (secondary N) is 1. The van der Waals surface area contributed by atoms with Crippen LogP contribution in [0.25, 0.3) is 0 Å². The van der Waals surface area contributed by atoms with Crippen molar-refractivity contribution >= 4 is 16.9 Å². The van der Waals surface area contributed by atoms with Crippen LogP contribution in [-0.2, 0) is 0 Å². The average Bonchev–Trinajstić information content (AvgIpc) is 2.71. The molecule has 2 nitrogen and oxygen atoms in total. The Bertz CT molecular complexity index is 215. The molecule has 1 aliphatic heterocycles. The molecule has 0 saturated heterocycles. The molecule has 1 heterocycles. The van der Waals surface area contributed by atoms with Gasteiger partial charge >= 0.3 is 0 Å². The molecular weight excluding hydrogens is 192 g/mol. The zero-order chi connectivity index (χ0) is 9.80. The van der Waals surface area contributed by atoms with Crippen LogP contribution in [-0.4, -0.2) is 23.5 Å². The van der Waals surface area contributed by atoms with Crippen molar-refractivity contribution in [2.24, 2.45) is 10.9 Å². The summed E-state index contributed by atoms with van der Waals surface area (Å²) in [4.78, 5) is 4.47. The van der Waals surface area contributed by atoms with E-state index in [1.165, 1.54) is 37.3 Å². The van der Waals surface area contributed by atoms with Gasteiger partial charge in [-0.3, -0.25) is 4.99 Å². The van der Waals surface area contributed by atoms with E-state index in [1.807, 2.05) is 11.8 Å². The maximum atomic E-state index is 4.47. The normalized spacial score (nSPS) is 32.5. The highest BCUT2D eigenvalue weighted by atomic mass is 32.2. The quantitative estimate of drug-likeness (QED) is 0.761. The summed E-state index contributed by atoms with van der Waals surface area (Å²) in [5.41, 5.74) is 0. The van der Waals surface area contributed by atoms with Gasteiger partial charge in [-0.1, -0.05) is 37.9 Å². The highest BCUT2D eigenvalue weighted by molar-refractivity contribution is 8.14. The van der Waals surface area contributed by atoms with E-state index in [2.05, 4.69) is 17.2 Å². The van der Waals surface area contributed by atoms with Crippen LogP contribution in [0, 0.1) is 5.92 Å². The van der Waals surface area contributed by atoms with Gasteiger partial charge in [-0.15, -0.1) is 0 Å². The molecule has 0 aromatic carbocycles. The molecular formula is C11H20N2S. The largest absolute Gasteiger partial charge is 0.363 e. The molecule has 2 aliphatic rings. The number of rotatable bonds is 2. The standard InChI is InChI=1S/C11H20N2S/c1-2-9-5-3-4-6-10(9)14-11-12-7-8-13-11/h9-10H,2-8H2,1H3,(H,12,13). The van der Waals surface area contributed by atoms with E-state index in [0.29, 0.717) is 0 Å². The molecule has 0 amide bonds. The third-order valence-electron chi connectivity index (χ3n) is 3.27. The molecule has 2 atom stereocenters. The Hall–Kier alpha value is -0.180. The highest BCUT2D eigenvalue weighted by Gasteiger charge is 2.26. The smallest absolute Gasteiger partial charge is 0.156 e. The van der Waals surface area contributed by atoms with Crippen LogP contribution >= 0.6 is 11.8 Å². The fraction of sp³-hybridized carbons (Fsp3) is 0.909. The molecule has 0 radical (unpaired) electrons. The average molecular weight is 212 g/mol. The third kappa shape index (κ3) is 2.44. The number of aliphatic imine (C=N–C) groups is 1. The van der Waals surface area contributed by atoms with Crippen molar-refractivity contribution in [3.63, 3.8) is 0 Å². The lowest BCUT2D eigenvalue weighted by atomic mass is 9.87. The fourth-order valence-electron chi connectivity index (χ4n) is 2.39. The van der Waals surface area contributed by atoms with Crippen molar-refractivity contribution in [2.45, 2.75) is 44.3 Å². The predicted octanol–water partition coefficient (Wildman–Crippen LogP) is 2.65. The zero-order valence-electron chi connectivity index (χ0n) is 8.96. The van der Waals surface area contributed by atoms with Crippen LogP contribution in [0.3, 0.4) is 0 Å². The van der Waals surface area contributed by atoms with E-state index < -0.39 is 0 Å². The van der Waals surface area contributed by atoms with E-state index in [9.17, 15) is 0 Å². The Morgan fingerprint density at radius 3 is 3.00 bits per heavy atom. The van der Waals surface area contributed by atoms with E-state index in [0.717, 1.165) is 24.3 Å². The lowest BCUT2D eigenvalue weighted by Gasteiger charge is -2.30. The Morgan fingerprint density at radius 1 is 1.43 bits per heavy atom. The molecule has 1 aliphatic carbocycles. The summed E-state index contributed by atoms with van der Waals surface area (Å²) >= 11 is 2.00. The van der Waals surface area contributed by atoms with E-state index in [1.54, 1.807) is 0 Å². The molecule has 3 heteroatoms. The summed E-state index contributed by atoms with van der Waals surface area (Å²) in [6.07, 6.45) is 7.02. The molecule has 2 rings (SSSR count). The summed E-state index contributed by atoms with van der Waals surface area (Å²) < 4.78 is 0. The molecule has 1 N–H and O–H groups in total. The van der Waals surface area contributed by atoms with Crippen LogP contribution < -0.4 is 5.32 Å². The van der Waals surface area contributed by atoms with Gasteiger partial charge < -0.3 is 5.32 Å². The minimum Gasteiger partial charge on any atom is -0.363 e. The van der Waals surface area contributed by atoms with Gasteiger partial charge in [-0.05, 0) is 18.8 Å². The van der Waals surface area contributed by atoms with Gasteiger partial charge in [0.2, 0.25) is 0 Å². The predicted molar refractivity (Wildman–Crippen MR) is 63.9 cm³/mol. The van der Waals surface area contributed by atoms with Gasteiger partial charge in [0.25, 0.3) is 0 Å². The molecule has 0 aromatic heterocycles. The number of hydrogen-bond acceptors (Lipinski definition) is 3. The summed E-state index contributed by atoms with van der Waals surface area (Å²) in [6.45, 7) is 4.35. The molecule has 1 saturated carbocycles. The second-order valence-electron chi connectivity index (χ2n) is 4.22. The fourth-order valence-corrected chi connectivity index (χ4v) is 3.84. The first kappa shape index (κ1) is 10.3. The van der Waals surface area contributed by atoms with Crippen molar-refractivity contribution in [2.75, 3.05) is 13.1 Å². The molecule has 14 heavy (non-hydrogen) atoms. The number of thioether (sulfide) groups is 1. The van der Waals surface area contributed by atoms with Gasteiger partial charge in [0, 0.05) is 11.8 Å². The maximum absolute atomic E-state index is 4.47. The molecule has 0 spiro atoms. The number of hydrogen-bond donors (Lipinski definition) is 1. The molecule has 2 unspecified atom stereocenters. The van der Waals surface area contributed by atoms with Crippen molar-refractivity contribution < 1.29 is 0 Å². The van der Waals surface area contributed by atoms with Gasteiger partial charge in [-0.2, -0.15) is 0 Å². The molecule has 0 aromatic rings. The zero-order valence-corrected chi connectivity index (χ0v) is 9.78. The first-order chi connectivity index (χ1) is 6.90. The van der Waals surface area contributed by atoms with Gasteiger partial charge in [0.15, 0.2) is 5.17 Å². The second kappa shape index (κ2) is 5.06. The van der Waals surface area contributed by atoms with Crippen LogP contribution in [0.5, 0.6) is 0 Å². The van der Waals surface area contributed by atoms with Gasteiger partial charge in [-0.25, -0.2) is 0 Å². The second-order valence-corrected chi connectivity index (χ2v) is 5.45. The Morgan fingerprint density at radius 2 is 2.29 bits per heavy atom. The number of nitrogens with zero attached hydrogens (tertiary/aromatic N) is 1. The van der Waals surface area contributed by atoms with Crippen molar-refractivity contribution in [3.8, 4) is 0 Å². The summed E-state index contributed by atoms with van der Waals surface area (Å²) in [5.74, 6) is 0.929. The minimum atomic E-state index is 0.832. The van der Waals surface area contributed by atoms with Crippen molar-refractivity contribution in [1.29, 1.82) is 0 Å². The van der Waals surface area contributed by atoms with Crippen LogP contribution in [0.15, 0.2) is 4.99 Å². The van der Waals surface area contributed by atoms with E-state index in [-0.39, 0.29) is 0 Å². The number of amidine groups is 1. The van der Waals surface area contributed by atoms with Crippen LogP contribution in [0.1, 0.15) is 39.0 Å². The van der Waals surface area contributed by atoms with Gasteiger partial charge in [0.1, 0.15) is 0 Å². The van der Waals surface area contributed by atoms with Crippen molar-refractivity contribution in [1.82, 2.24) is 5.32 Å². The molecule has 0 bridgehead atoms. The topological polar surface area (TPSA) is 24.4 Å². The Balaban J connectivity index is 1.87. The minimum absolute atomic E-state index is 0.832. The van der Waals surface area contributed by atoms with E-state index >= 15 is 0 Å². The lowest BCUT2D eigenvalue weighted by Crippen LogP contribution is -2.26. The first-order valence-electron chi connectivity index (χ1n) is 5.85. The first-order valence-corrected chi connectivity index (χ1v) is 6.73. The van der Waals surface area contributed by atoms with Crippen LogP contribution in [0.4, 0.5) is 0 Å². The maximum Gasteiger partial charge on any atom is 0.156 e. The monoisotopic (exact) mass is 212 g/mol. The van der Waals surface area contributed by atoms with Gasteiger partial charge in [0.05, 0.1) is 6.54 Å². The summed E-state index contributed by atoms with van der Waals surface area (Å²) in [6, 6.07) is 0. The van der Waals surface area contributed by atoms with Crippen molar-refractivity contribution in [3.05, 3.63) is 0 Å². The Kier molecular flexibility index (Phi) is 3.74. The Labute approximate surface area is 90.9 Å². The highest BCUT2D eigenvalue weighted by Crippen LogP contribution is 2.35. The third-order valence-corrected chi connectivity index (χ3v) is 4.69. The molecule has 1 fully saturated rings. The summed E-state index contributed by atoms with van der Waals surface area (Å²) in [7, 11) is 0. The SMILES string of the molecule is CCC1CCCCC1SC1=NCCN1. The lowest BCUT2D eigenvalue weighted by molar-refractivity contribution is 0.362.